The zero-order valence-electron chi connectivity index (χ0n) is 31.4. The topological polar surface area (TPSA) is 94.9 Å². The smallest absolute Gasteiger partial charge is 0.161 e. The molecule has 0 amide bonds. The highest BCUT2D eigenvalue weighted by atomic mass is 35.5. The fraction of sp³-hybridized carbons (Fsp3) is 0.419. The van der Waals surface area contributed by atoms with Gasteiger partial charge in [-0.3, -0.25) is 9.80 Å². The number of ether oxygens (including phenoxy) is 7. The van der Waals surface area contributed by atoms with Crippen molar-refractivity contribution in [3.05, 3.63) is 106 Å². The predicted octanol–water partition coefficient (Wildman–Crippen LogP) is 7.25. The first-order valence-electron chi connectivity index (χ1n) is 18.8. The Kier molecular flexibility index (Phi) is 15.4. The maximum Gasteiger partial charge on any atom is 0.161 e. The number of piperazine rings is 1. The summed E-state index contributed by atoms with van der Waals surface area (Å²) < 4.78 is 52.7. The summed E-state index contributed by atoms with van der Waals surface area (Å²) in [7, 11) is 0. The van der Waals surface area contributed by atoms with E-state index >= 15 is 0 Å². The van der Waals surface area contributed by atoms with Crippen LogP contribution >= 0.6 is 11.6 Å². The van der Waals surface area contributed by atoms with Crippen LogP contribution in [-0.2, 0) is 34.0 Å². The molecule has 2 aliphatic heterocycles. The van der Waals surface area contributed by atoms with Crippen molar-refractivity contribution in [2.75, 3.05) is 92.3 Å². The monoisotopic (exact) mass is 773 g/mol. The summed E-state index contributed by atoms with van der Waals surface area (Å²) in [5.41, 5.74) is 6.74. The molecule has 0 radical (unpaired) electrons. The van der Waals surface area contributed by atoms with Gasteiger partial charge in [0.1, 0.15) is 44.6 Å². The molecule has 0 N–H and O–H groups in total. The van der Waals surface area contributed by atoms with Crippen molar-refractivity contribution >= 4 is 11.6 Å². The van der Waals surface area contributed by atoms with Crippen LogP contribution in [0.1, 0.15) is 27.8 Å². The highest BCUT2D eigenvalue weighted by Crippen LogP contribution is 2.38. The van der Waals surface area contributed by atoms with Crippen molar-refractivity contribution in [2.45, 2.75) is 26.7 Å². The van der Waals surface area contributed by atoms with E-state index in [0.717, 1.165) is 77.6 Å². The van der Waals surface area contributed by atoms with Crippen molar-refractivity contribution in [3.8, 4) is 40.2 Å². The Bertz CT molecular complexity index is 1880. The highest BCUT2D eigenvalue weighted by Gasteiger charge is 2.21. The zero-order valence-corrected chi connectivity index (χ0v) is 32.2. The number of nitrogens with zero attached hydrogens (tertiary/aromatic N) is 3. The van der Waals surface area contributed by atoms with E-state index in [1.54, 1.807) is 6.07 Å². The molecule has 12 heteroatoms. The number of nitriles is 1. The summed E-state index contributed by atoms with van der Waals surface area (Å²) in [6, 6.07) is 25.7. The summed E-state index contributed by atoms with van der Waals surface area (Å²) in [6.45, 7) is 11.0. The molecule has 6 rings (SSSR count). The molecule has 4 aromatic rings. The van der Waals surface area contributed by atoms with Crippen molar-refractivity contribution in [2.24, 2.45) is 0 Å². The summed E-state index contributed by atoms with van der Waals surface area (Å²) in [4.78, 5) is 4.80. The second kappa shape index (κ2) is 21.0. The van der Waals surface area contributed by atoms with Crippen LogP contribution in [0, 0.1) is 18.3 Å². The summed E-state index contributed by atoms with van der Waals surface area (Å²) in [5.74, 6) is 2.75. The van der Waals surface area contributed by atoms with Crippen molar-refractivity contribution < 1.29 is 37.5 Å². The van der Waals surface area contributed by atoms with Crippen LogP contribution in [0.4, 0.5) is 4.39 Å². The average Bonchev–Trinajstić information content (AvgIpc) is 3.21. The Labute approximate surface area is 328 Å². The first kappa shape index (κ1) is 40.3. The molecule has 0 saturated carbocycles. The molecule has 0 aliphatic carbocycles. The predicted molar refractivity (Wildman–Crippen MR) is 209 cm³/mol. The van der Waals surface area contributed by atoms with E-state index in [2.05, 4.69) is 41.0 Å². The fourth-order valence-electron chi connectivity index (χ4n) is 6.56. The number of fused-ring (bicyclic) bond motifs is 1. The third-order valence-corrected chi connectivity index (χ3v) is 9.92. The normalized spacial score (nSPS) is 14.4. The van der Waals surface area contributed by atoms with E-state index in [4.69, 9.17) is 44.8 Å². The van der Waals surface area contributed by atoms with Crippen LogP contribution in [0.3, 0.4) is 0 Å². The minimum atomic E-state index is -0.480. The van der Waals surface area contributed by atoms with Gasteiger partial charge >= 0.3 is 0 Å². The SMILES string of the molecule is Cc1c(COc2cc(OCc3cccc(C#N)c3)c(CN3CCN(CCOCCOCCOCCF)CC3)cc2Cl)cccc1-c1ccc2c(c1)OCCO2. The molecule has 55 heavy (non-hydrogen) atoms. The van der Waals surface area contributed by atoms with Gasteiger partial charge in [0.05, 0.1) is 56.3 Å². The molecule has 0 unspecified atom stereocenters. The molecule has 2 heterocycles. The van der Waals surface area contributed by atoms with Gasteiger partial charge < -0.3 is 33.2 Å². The zero-order chi connectivity index (χ0) is 38.2. The van der Waals surface area contributed by atoms with E-state index in [-0.39, 0.29) is 6.61 Å². The molecule has 1 fully saturated rings. The largest absolute Gasteiger partial charge is 0.488 e. The minimum Gasteiger partial charge on any atom is -0.488 e. The lowest BCUT2D eigenvalue weighted by Gasteiger charge is -2.35. The van der Waals surface area contributed by atoms with E-state index in [1.807, 2.05) is 48.5 Å². The molecule has 292 valence electrons. The van der Waals surface area contributed by atoms with Crippen LogP contribution in [0.25, 0.3) is 11.1 Å². The first-order chi connectivity index (χ1) is 27.0. The Morgan fingerprint density at radius 2 is 1.44 bits per heavy atom. The Morgan fingerprint density at radius 1 is 0.727 bits per heavy atom. The number of halogens is 2. The lowest BCUT2D eigenvalue weighted by molar-refractivity contribution is 0.00604. The molecular formula is C43H49ClFN3O7. The van der Waals surface area contributed by atoms with Crippen molar-refractivity contribution in [1.82, 2.24) is 9.80 Å². The van der Waals surface area contributed by atoms with E-state index < -0.39 is 6.67 Å². The Balaban J connectivity index is 1.07. The molecule has 1 saturated heterocycles. The number of hydrogen-bond acceptors (Lipinski definition) is 10. The van der Waals surface area contributed by atoms with Gasteiger partial charge in [-0.15, -0.1) is 0 Å². The maximum atomic E-state index is 12.1. The van der Waals surface area contributed by atoms with Crippen LogP contribution in [0.15, 0.2) is 72.8 Å². The standard InChI is InChI=1S/C43H49ClFN3O7/c1-32-36(6-3-7-38(32)35-8-9-40-43(26-35)53-23-22-52-40)31-55-42-27-41(54-30-34-5-2-4-33(24-34)28-46)37(25-39(42)44)29-48-13-11-47(12-14-48)15-17-50-19-21-51-20-18-49-16-10-45/h2-9,24-27H,10-23,29-31H2,1H3. The lowest BCUT2D eigenvalue weighted by Crippen LogP contribution is -2.46. The van der Waals surface area contributed by atoms with E-state index in [0.29, 0.717) is 88.1 Å². The van der Waals surface area contributed by atoms with Crippen LogP contribution in [-0.4, -0.2) is 102 Å². The molecule has 0 atom stereocenters. The molecule has 4 aromatic carbocycles. The third-order valence-electron chi connectivity index (χ3n) is 9.62. The lowest BCUT2D eigenvalue weighted by atomic mass is 9.96. The molecule has 0 aromatic heterocycles. The summed E-state index contributed by atoms with van der Waals surface area (Å²) in [6.07, 6.45) is 0. The second-order valence-corrected chi connectivity index (χ2v) is 13.8. The first-order valence-corrected chi connectivity index (χ1v) is 19.2. The second-order valence-electron chi connectivity index (χ2n) is 13.4. The quantitative estimate of drug-likeness (QED) is 0.0856. The van der Waals surface area contributed by atoms with Gasteiger partial charge in [-0.2, -0.15) is 5.26 Å². The fourth-order valence-corrected chi connectivity index (χ4v) is 6.80. The maximum absolute atomic E-state index is 12.1. The van der Waals surface area contributed by atoms with Gasteiger partial charge in [0.2, 0.25) is 0 Å². The summed E-state index contributed by atoms with van der Waals surface area (Å²) >= 11 is 6.92. The van der Waals surface area contributed by atoms with Crippen LogP contribution < -0.4 is 18.9 Å². The van der Waals surface area contributed by atoms with E-state index in [9.17, 15) is 9.65 Å². The Hall–Kier alpha value is -4.41. The number of rotatable bonds is 20. The van der Waals surface area contributed by atoms with E-state index in [1.165, 1.54) is 0 Å². The van der Waals surface area contributed by atoms with Crippen molar-refractivity contribution in [1.29, 1.82) is 5.26 Å². The van der Waals surface area contributed by atoms with Gasteiger partial charge in [0.25, 0.3) is 0 Å². The van der Waals surface area contributed by atoms with Gasteiger partial charge in [0.15, 0.2) is 11.5 Å². The molecule has 0 spiro atoms. The number of benzene rings is 4. The minimum absolute atomic E-state index is 0.109. The summed E-state index contributed by atoms with van der Waals surface area (Å²) in [5, 5.41) is 9.93. The van der Waals surface area contributed by atoms with Gasteiger partial charge in [-0.25, -0.2) is 4.39 Å². The highest BCUT2D eigenvalue weighted by molar-refractivity contribution is 6.32. The van der Waals surface area contributed by atoms with Gasteiger partial charge in [0, 0.05) is 50.9 Å². The van der Waals surface area contributed by atoms with Crippen LogP contribution in [0.5, 0.6) is 23.0 Å². The van der Waals surface area contributed by atoms with Crippen molar-refractivity contribution in [3.63, 3.8) is 0 Å². The molecular weight excluding hydrogens is 725 g/mol. The Morgan fingerprint density at radius 3 is 2.22 bits per heavy atom. The van der Waals surface area contributed by atoms with Gasteiger partial charge in [-0.1, -0.05) is 48.0 Å². The molecule has 2 aliphatic rings. The number of hydrogen-bond donors (Lipinski definition) is 0. The average molecular weight is 774 g/mol. The molecule has 0 bridgehead atoms. The third kappa shape index (κ3) is 11.8. The molecule has 10 nitrogen and oxygen atoms in total. The van der Waals surface area contributed by atoms with Gasteiger partial charge in [-0.05, 0) is 65.1 Å². The van der Waals surface area contributed by atoms with Crippen LogP contribution in [0.2, 0.25) is 5.02 Å². The number of alkyl halides is 1.